The number of hydrogen-bond donors (Lipinski definition) is 1. The van der Waals surface area contributed by atoms with Crippen molar-refractivity contribution in [3.63, 3.8) is 0 Å². The van der Waals surface area contributed by atoms with Crippen molar-refractivity contribution < 1.29 is 8.42 Å². The molecule has 0 fully saturated rings. The van der Waals surface area contributed by atoms with Gasteiger partial charge in [0.1, 0.15) is 0 Å². The average Bonchev–Trinajstić information content (AvgIpc) is 2.47. The van der Waals surface area contributed by atoms with Gasteiger partial charge in [-0.1, -0.05) is 29.8 Å². The number of anilines is 1. The van der Waals surface area contributed by atoms with E-state index < -0.39 is 10.0 Å². The highest BCUT2D eigenvalue weighted by molar-refractivity contribution is 7.92. The van der Waals surface area contributed by atoms with E-state index in [1.165, 1.54) is 4.31 Å². The summed E-state index contributed by atoms with van der Waals surface area (Å²) in [6, 6.07) is 14.0. The molecular weight excluding hydrogens is 272 g/mol. The highest BCUT2D eigenvalue weighted by Gasteiger charge is 2.20. The van der Waals surface area contributed by atoms with Crippen LogP contribution in [-0.4, -0.2) is 15.5 Å². The molecule has 5 heteroatoms. The Labute approximate surface area is 119 Å². The standard InChI is InChI=1S/C15H18N2O2S/c1-12-3-7-14(8-4-12)17(2)20(18,19)15-9-5-13(11-16)6-10-15/h3-10H,11,16H2,1-2H3. The average molecular weight is 290 g/mol. The zero-order valence-electron chi connectivity index (χ0n) is 11.6. The van der Waals surface area contributed by atoms with E-state index in [2.05, 4.69) is 0 Å². The number of nitrogens with zero attached hydrogens (tertiary/aromatic N) is 1. The molecule has 0 bridgehead atoms. The van der Waals surface area contributed by atoms with Gasteiger partial charge in [0.15, 0.2) is 0 Å². The van der Waals surface area contributed by atoms with E-state index in [4.69, 9.17) is 5.73 Å². The molecule has 0 amide bonds. The molecule has 0 aliphatic heterocycles. The number of sulfonamides is 1. The number of benzene rings is 2. The lowest BCUT2D eigenvalue weighted by Gasteiger charge is -2.19. The molecule has 2 aromatic carbocycles. The number of nitrogens with two attached hydrogens (primary N) is 1. The molecule has 0 spiro atoms. The Morgan fingerprint density at radius 3 is 2.05 bits per heavy atom. The van der Waals surface area contributed by atoms with Crippen LogP contribution in [0.15, 0.2) is 53.4 Å². The second kappa shape index (κ2) is 5.64. The van der Waals surface area contributed by atoms with E-state index in [9.17, 15) is 8.42 Å². The summed E-state index contributed by atoms with van der Waals surface area (Å²) >= 11 is 0. The van der Waals surface area contributed by atoms with Gasteiger partial charge in [-0.25, -0.2) is 8.42 Å². The first-order chi connectivity index (χ1) is 9.45. The van der Waals surface area contributed by atoms with E-state index in [-0.39, 0.29) is 4.90 Å². The van der Waals surface area contributed by atoms with Crippen LogP contribution in [0.5, 0.6) is 0 Å². The molecule has 0 radical (unpaired) electrons. The van der Waals surface area contributed by atoms with E-state index in [0.717, 1.165) is 11.1 Å². The monoisotopic (exact) mass is 290 g/mol. The van der Waals surface area contributed by atoms with Gasteiger partial charge >= 0.3 is 0 Å². The summed E-state index contributed by atoms with van der Waals surface area (Å²) < 4.78 is 26.3. The van der Waals surface area contributed by atoms with Gasteiger partial charge in [0.2, 0.25) is 0 Å². The van der Waals surface area contributed by atoms with Crippen LogP contribution in [0, 0.1) is 6.92 Å². The first kappa shape index (κ1) is 14.6. The molecule has 0 heterocycles. The summed E-state index contributed by atoms with van der Waals surface area (Å²) in [5.41, 5.74) is 8.15. The minimum absolute atomic E-state index is 0.262. The summed E-state index contributed by atoms with van der Waals surface area (Å²) in [5, 5.41) is 0. The maximum Gasteiger partial charge on any atom is 0.264 e. The normalized spacial score (nSPS) is 11.3. The molecule has 0 aromatic heterocycles. The van der Waals surface area contributed by atoms with Crippen molar-refractivity contribution in [3.8, 4) is 0 Å². The first-order valence-electron chi connectivity index (χ1n) is 6.30. The molecule has 2 rings (SSSR count). The van der Waals surface area contributed by atoms with Crippen molar-refractivity contribution in [3.05, 3.63) is 59.7 Å². The fourth-order valence-electron chi connectivity index (χ4n) is 1.85. The van der Waals surface area contributed by atoms with Crippen molar-refractivity contribution in [1.29, 1.82) is 0 Å². The molecule has 0 saturated heterocycles. The van der Waals surface area contributed by atoms with Gasteiger partial charge < -0.3 is 5.73 Å². The van der Waals surface area contributed by atoms with Crippen molar-refractivity contribution in [2.45, 2.75) is 18.4 Å². The predicted octanol–water partition coefficient (Wildman–Crippen LogP) is 2.28. The predicted molar refractivity (Wildman–Crippen MR) is 81.1 cm³/mol. The van der Waals surface area contributed by atoms with Crippen LogP contribution in [0.1, 0.15) is 11.1 Å². The maximum atomic E-state index is 12.5. The van der Waals surface area contributed by atoms with Crippen LogP contribution in [0.25, 0.3) is 0 Å². The van der Waals surface area contributed by atoms with E-state index in [0.29, 0.717) is 12.2 Å². The molecule has 2 aromatic rings. The summed E-state index contributed by atoms with van der Waals surface area (Å²) in [5.74, 6) is 0. The third-order valence-corrected chi connectivity index (χ3v) is 5.01. The molecule has 0 aliphatic rings. The molecule has 0 saturated carbocycles. The van der Waals surface area contributed by atoms with Gasteiger partial charge in [-0.3, -0.25) is 4.31 Å². The lowest BCUT2D eigenvalue weighted by atomic mass is 10.2. The number of rotatable bonds is 4. The second-order valence-corrected chi connectivity index (χ2v) is 6.63. The number of hydrogen-bond acceptors (Lipinski definition) is 3. The van der Waals surface area contributed by atoms with Crippen LogP contribution < -0.4 is 10.0 Å². The van der Waals surface area contributed by atoms with Crippen LogP contribution in [0.2, 0.25) is 0 Å². The fraction of sp³-hybridized carbons (Fsp3) is 0.200. The Kier molecular flexibility index (Phi) is 4.11. The lowest BCUT2D eigenvalue weighted by Crippen LogP contribution is -2.26. The van der Waals surface area contributed by atoms with Gasteiger partial charge in [0, 0.05) is 13.6 Å². The minimum Gasteiger partial charge on any atom is -0.326 e. The highest BCUT2D eigenvalue weighted by atomic mass is 32.2. The molecule has 4 nitrogen and oxygen atoms in total. The SMILES string of the molecule is Cc1ccc(N(C)S(=O)(=O)c2ccc(CN)cc2)cc1. The van der Waals surface area contributed by atoms with E-state index in [1.54, 1.807) is 43.4 Å². The van der Waals surface area contributed by atoms with Gasteiger partial charge in [-0.2, -0.15) is 0 Å². The third-order valence-electron chi connectivity index (χ3n) is 3.22. The molecule has 0 atom stereocenters. The molecule has 106 valence electrons. The van der Waals surface area contributed by atoms with Crippen LogP contribution in [-0.2, 0) is 16.6 Å². The zero-order valence-corrected chi connectivity index (χ0v) is 12.4. The largest absolute Gasteiger partial charge is 0.326 e. The van der Waals surface area contributed by atoms with Gasteiger partial charge in [0.05, 0.1) is 10.6 Å². The summed E-state index contributed by atoms with van der Waals surface area (Å²) in [4.78, 5) is 0.262. The topological polar surface area (TPSA) is 63.4 Å². The molecule has 0 unspecified atom stereocenters. The molecular formula is C15H18N2O2S. The van der Waals surface area contributed by atoms with Crippen LogP contribution in [0.4, 0.5) is 5.69 Å². The molecule has 2 N–H and O–H groups in total. The van der Waals surface area contributed by atoms with Crippen LogP contribution in [0.3, 0.4) is 0 Å². The van der Waals surface area contributed by atoms with Gasteiger partial charge in [-0.15, -0.1) is 0 Å². The van der Waals surface area contributed by atoms with E-state index in [1.807, 2.05) is 19.1 Å². The Balaban J connectivity index is 2.35. The summed E-state index contributed by atoms with van der Waals surface area (Å²) in [6.45, 7) is 2.36. The second-order valence-electron chi connectivity index (χ2n) is 4.66. The summed E-state index contributed by atoms with van der Waals surface area (Å²) in [6.07, 6.45) is 0. The quantitative estimate of drug-likeness (QED) is 0.939. The minimum atomic E-state index is -3.54. The fourth-order valence-corrected chi connectivity index (χ4v) is 3.04. The number of aryl methyl sites for hydroxylation is 1. The first-order valence-corrected chi connectivity index (χ1v) is 7.74. The Hall–Kier alpha value is -1.85. The smallest absolute Gasteiger partial charge is 0.264 e. The zero-order chi connectivity index (χ0) is 14.8. The summed E-state index contributed by atoms with van der Waals surface area (Å²) in [7, 11) is -1.98. The van der Waals surface area contributed by atoms with Crippen molar-refractivity contribution in [2.24, 2.45) is 5.73 Å². The Morgan fingerprint density at radius 1 is 1.00 bits per heavy atom. The van der Waals surface area contributed by atoms with Gasteiger partial charge in [-0.05, 0) is 36.8 Å². The van der Waals surface area contributed by atoms with Crippen molar-refractivity contribution in [2.75, 3.05) is 11.4 Å². The Bertz CT molecular complexity index is 677. The van der Waals surface area contributed by atoms with Crippen molar-refractivity contribution >= 4 is 15.7 Å². The van der Waals surface area contributed by atoms with Gasteiger partial charge in [0.25, 0.3) is 10.0 Å². The highest BCUT2D eigenvalue weighted by Crippen LogP contribution is 2.22. The Morgan fingerprint density at radius 2 is 1.55 bits per heavy atom. The molecule has 0 aliphatic carbocycles. The molecule has 20 heavy (non-hydrogen) atoms. The lowest BCUT2D eigenvalue weighted by molar-refractivity contribution is 0.594. The van der Waals surface area contributed by atoms with Crippen LogP contribution >= 0.6 is 0 Å². The van der Waals surface area contributed by atoms with Crippen molar-refractivity contribution in [1.82, 2.24) is 0 Å². The maximum absolute atomic E-state index is 12.5. The van der Waals surface area contributed by atoms with E-state index >= 15 is 0 Å². The third kappa shape index (κ3) is 2.84.